The first-order valence-corrected chi connectivity index (χ1v) is 8.65. The average molecular weight is 303 g/mol. The van der Waals surface area contributed by atoms with Gasteiger partial charge in [-0.25, -0.2) is 13.1 Å². The lowest BCUT2D eigenvalue weighted by Gasteiger charge is -2.26. The topological polar surface area (TPSA) is 66.4 Å². The molecule has 3 atom stereocenters. The van der Waals surface area contributed by atoms with Gasteiger partial charge < -0.3 is 5.11 Å². The fourth-order valence-electron chi connectivity index (χ4n) is 1.75. The molecule has 0 bridgehead atoms. The minimum Gasteiger partial charge on any atom is -0.387 e. The van der Waals surface area contributed by atoms with E-state index in [1.807, 2.05) is 13.8 Å². The maximum atomic E-state index is 12.2. The van der Waals surface area contributed by atoms with Gasteiger partial charge in [-0.3, -0.25) is 0 Å². The lowest BCUT2D eigenvalue weighted by molar-refractivity contribution is 0.152. The van der Waals surface area contributed by atoms with Gasteiger partial charge >= 0.3 is 0 Å². The predicted octanol–water partition coefficient (Wildman–Crippen LogP) is 2.38. The standard InChI is InChI=1S/C13H21NO3S2/c1-4-7-11(15)13(10(3)5-2)14-19(16,17)12-8-6-9-18-12/h4,6-11,13-15H,5H2,1-3H3/t10-,11?,13-/m0/s1. The molecule has 108 valence electrons. The van der Waals surface area contributed by atoms with Gasteiger partial charge in [0, 0.05) is 0 Å². The molecule has 0 saturated heterocycles. The van der Waals surface area contributed by atoms with E-state index in [0.717, 1.165) is 6.42 Å². The Morgan fingerprint density at radius 3 is 2.68 bits per heavy atom. The van der Waals surface area contributed by atoms with E-state index >= 15 is 0 Å². The van der Waals surface area contributed by atoms with Crippen LogP contribution in [0, 0.1) is 5.92 Å². The highest BCUT2D eigenvalue weighted by molar-refractivity contribution is 7.91. The summed E-state index contributed by atoms with van der Waals surface area (Å²) in [4.78, 5) is 0. The van der Waals surface area contributed by atoms with E-state index in [1.54, 1.807) is 36.6 Å². The number of aliphatic hydroxyl groups excluding tert-OH is 1. The Morgan fingerprint density at radius 1 is 1.53 bits per heavy atom. The van der Waals surface area contributed by atoms with Gasteiger partial charge in [0.05, 0.1) is 12.1 Å². The van der Waals surface area contributed by atoms with E-state index in [-0.39, 0.29) is 10.1 Å². The van der Waals surface area contributed by atoms with Gasteiger partial charge in [0.2, 0.25) is 10.0 Å². The summed E-state index contributed by atoms with van der Waals surface area (Å²) < 4.78 is 27.3. The minimum absolute atomic E-state index is 0.0425. The van der Waals surface area contributed by atoms with Crippen molar-refractivity contribution in [3.63, 3.8) is 0 Å². The molecule has 1 heterocycles. The first-order valence-electron chi connectivity index (χ1n) is 6.29. The van der Waals surface area contributed by atoms with Gasteiger partial charge in [-0.15, -0.1) is 11.3 Å². The predicted molar refractivity (Wildman–Crippen MR) is 78.7 cm³/mol. The van der Waals surface area contributed by atoms with Crippen LogP contribution < -0.4 is 4.72 Å². The number of sulfonamides is 1. The van der Waals surface area contributed by atoms with Crippen LogP contribution in [0.15, 0.2) is 33.9 Å². The van der Waals surface area contributed by atoms with Gasteiger partial charge in [0.25, 0.3) is 0 Å². The Hall–Kier alpha value is -0.690. The molecule has 0 amide bonds. The maximum Gasteiger partial charge on any atom is 0.250 e. The summed E-state index contributed by atoms with van der Waals surface area (Å²) in [6.07, 6.45) is 3.29. The molecule has 1 aromatic heterocycles. The number of hydrogen-bond acceptors (Lipinski definition) is 4. The molecule has 6 heteroatoms. The first kappa shape index (κ1) is 16.4. The molecule has 0 radical (unpaired) electrons. The third-order valence-electron chi connectivity index (χ3n) is 3.07. The number of thiophene rings is 1. The summed E-state index contributed by atoms with van der Waals surface area (Å²) in [7, 11) is -3.56. The minimum atomic E-state index is -3.56. The molecular formula is C13H21NO3S2. The summed E-state index contributed by atoms with van der Waals surface area (Å²) >= 11 is 1.17. The Labute approximate surface area is 119 Å². The Balaban J connectivity index is 2.95. The average Bonchev–Trinajstić information content (AvgIpc) is 2.90. The molecular weight excluding hydrogens is 282 g/mol. The summed E-state index contributed by atoms with van der Waals surface area (Å²) in [5.41, 5.74) is 0. The van der Waals surface area contributed by atoms with Crippen molar-refractivity contribution in [2.75, 3.05) is 0 Å². The quantitative estimate of drug-likeness (QED) is 0.760. The third kappa shape index (κ3) is 4.42. The van der Waals surface area contributed by atoms with Crippen molar-refractivity contribution >= 4 is 21.4 Å². The van der Waals surface area contributed by atoms with Crippen LogP contribution in [0.4, 0.5) is 0 Å². The molecule has 0 saturated carbocycles. The number of aliphatic hydroxyl groups is 1. The monoisotopic (exact) mass is 303 g/mol. The fraction of sp³-hybridized carbons (Fsp3) is 0.538. The number of hydrogen-bond donors (Lipinski definition) is 2. The second kappa shape index (κ2) is 7.19. The van der Waals surface area contributed by atoms with Crippen molar-refractivity contribution in [2.24, 2.45) is 5.92 Å². The van der Waals surface area contributed by atoms with Crippen LogP contribution >= 0.6 is 11.3 Å². The van der Waals surface area contributed by atoms with E-state index in [2.05, 4.69) is 4.72 Å². The van der Waals surface area contributed by atoms with E-state index in [9.17, 15) is 13.5 Å². The Bertz CT molecular complexity index is 494. The molecule has 0 aliphatic rings. The van der Waals surface area contributed by atoms with E-state index in [0.29, 0.717) is 0 Å². The zero-order valence-electron chi connectivity index (χ0n) is 11.4. The highest BCUT2D eigenvalue weighted by atomic mass is 32.2. The van der Waals surface area contributed by atoms with Gasteiger partial charge in [-0.2, -0.15) is 0 Å². The highest BCUT2D eigenvalue weighted by Gasteiger charge is 2.28. The number of allylic oxidation sites excluding steroid dienone is 1. The molecule has 1 rings (SSSR count). The SMILES string of the molecule is CC=CC(O)[C@@H](NS(=O)(=O)c1cccs1)[C@@H](C)CC. The first-order chi connectivity index (χ1) is 8.92. The van der Waals surface area contributed by atoms with Crippen LogP contribution in [-0.4, -0.2) is 25.7 Å². The van der Waals surface area contributed by atoms with Crippen molar-refractivity contribution in [3.8, 4) is 0 Å². The largest absolute Gasteiger partial charge is 0.387 e. The number of nitrogens with one attached hydrogen (secondary N) is 1. The molecule has 0 spiro atoms. The molecule has 0 aromatic carbocycles. The molecule has 0 fully saturated rings. The van der Waals surface area contributed by atoms with Crippen LogP contribution in [0.25, 0.3) is 0 Å². The van der Waals surface area contributed by atoms with Gasteiger partial charge in [-0.1, -0.05) is 38.5 Å². The summed E-state index contributed by atoms with van der Waals surface area (Å²) in [6.45, 7) is 5.69. The van der Waals surface area contributed by atoms with Crippen LogP contribution in [0.2, 0.25) is 0 Å². The lowest BCUT2D eigenvalue weighted by atomic mass is 9.95. The smallest absolute Gasteiger partial charge is 0.250 e. The van der Waals surface area contributed by atoms with Crippen molar-refractivity contribution < 1.29 is 13.5 Å². The second-order valence-electron chi connectivity index (χ2n) is 4.48. The van der Waals surface area contributed by atoms with Gasteiger partial charge in [0.15, 0.2) is 0 Å². The number of rotatable bonds is 7. The molecule has 19 heavy (non-hydrogen) atoms. The lowest BCUT2D eigenvalue weighted by Crippen LogP contribution is -2.46. The Kier molecular flexibility index (Phi) is 6.19. The second-order valence-corrected chi connectivity index (χ2v) is 7.37. The van der Waals surface area contributed by atoms with Crippen molar-refractivity contribution in [3.05, 3.63) is 29.7 Å². The fourth-order valence-corrected chi connectivity index (χ4v) is 4.12. The summed E-state index contributed by atoms with van der Waals surface area (Å²) in [5.74, 6) is 0.0425. The molecule has 1 unspecified atom stereocenters. The van der Waals surface area contributed by atoms with Crippen molar-refractivity contribution in [2.45, 2.75) is 43.5 Å². The van der Waals surface area contributed by atoms with Gasteiger partial charge in [-0.05, 0) is 24.3 Å². The molecule has 0 aliphatic heterocycles. The third-order valence-corrected chi connectivity index (χ3v) is 5.92. The van der Waals surface area contributed by atoms with E-state index in [4.69, 9.17) is 0 Å². The van der Waals surface area contributed by atoms with E-state index < -0.39 is 22.2 Å². The maximum absolute atomic E-state index is 12.2. The molecule has 2 N–H and O–H groups in total. The van der Waals surface area contributed by atoms with Crippen molar-refractivity contribution in [1.82, 2.24) is 4.72 Å². The zero-order valence-corrected chi connectivity index (χ0v) is 13.0. The normalized spacial score (nSPS) is 17.5. The zero-order chi connectivity index (χ0) is 14.5. The van der Waals surface area contributed by atoms with Crippen LogP contribution in [-0.2, 0) is 10.0 Å². The molecule has 1 aromatic rings. The highest BCUT2D eigenvalue weighted by Crippen LogP contribution is 2.20. The molecule has 0 aliphatic carbocycles. The van der Waals surface area contributed by atoms with Crippen LogP contribution in [0.5, 0.6) is 0 Å². The van der Waals surface area contributed by atoms with Crippen LogP contribution in [0.1, 0.15) is 27.2 Å². The Morgan fingerprint density at radius 2 is 2.21 bits per heavy atom. The summed E-state index contributed by atoms with van der Waals surface area (Å²) in [6, 6.07) is 2.73. The molecule has 4 nitrogen and oxygen atoms in total. The summed E-state index contributed by atoms with van der Waals surface area (Å²) in [5, 5.41) is 11.8. The van der Waals surface area contributed by atoms with Crippen molar-refractivity contribution in [1.29, 1.82) is 0 Å². The van der Waals surface area contributed by atoms with Gasteiger partial charge in [0.1, 0.15) is 4.21 Å². The van der Waals surface area contributed by atoms with Crippen LogP contribution in [0.3, 0.4) is 0 Å². The van der Waals surface area contributed by atoms with E-state index in [1.165, 1.54) is 11.3 Å².